The van der Waals surface area contributed by atoms with E-state index in [2.05, 4.69) is 0 Å². The highest BCUT2D eigenvalue weighted by Crippen LogP contribution is 2.25. The smallest absolute Gasteiger partial charge is 0.340 e. The van der Waals surface area contributed by atoms with Gasteiger partial charge < -0.3 is 15.4 Å². The molecule has 6 nitrogen and oxygen atoms in total. The Hall–Kier alpha value is -1.86. The van der Waals surface area contributed by atoms with E-state index < -0.39 is 36.2 Å². The van der Waals surface area contributed by atoms with Gasteiger partial charge in [0.2, 0.25) is 5.91 Å². The van der Waals surface area contributed by atoms with Crippen LogP contribution < -0.4 is 5.73 Å². The van der Waals surface area contributed by atoms with E-state index in [1.807, 2.05) is 0 Å². The van der Waals surface area contributed by atoms with Gasteiger partial charge in [-0.15, -0.1) is 0 Å². The fourth-order valence-electron chi connectivity index (χ4n) is 2.49. The van der Waals surface area contributed by atoms with Crippen LogP contribution in [0.1, 0.15) is 29.6 Å². The Balaban J connectivity index is 2.02. The Labute approximate surface area is 147 Å². The van der Waals surface area contributed by atoms with Crippen LogP contribution in [0.3, 0.4) is 0 Å². The SMILES string of the molecule is NC(=O)[C@@H]1CCCCN1C(=O)COC(=O)c1cc(F)c(Cl)cc1Cl. The van der Waals surface area contributed by atoms with Crippen molar-refractivity contribution in [2.75, 3.05) is 13.2 Å². The van der Waals surface area contributed by atoms with Gasteiger partial charge in [-0.05, 0) is 31.4 Å². The van der Waals surface area contributed by atoms with E-state index in [0.717, 1.165) is 25.0 Å². The molecule has 1 heterocycles. The minimum Gasteiger partial charge on any atom is -0.452 e. The molecular weight excluding hydrogens is 362 g/mol. The monoisotopic (exact) mass is 376 g/mol. The summed E-state index contributed by atoms with van der Waals surface area (Å²) in [5.41, 5.74) is 5.04. The maximum absolute atomic E-state index is 13.4. The topological polar surface area (TPSA) is 89.7 Å². The third kappa shape index (κ3) is 4.15. The molecule has 0 spiro atoms. The van der Waals surface area contributed by atoms with Crippen molar-refractivity contribution in [2.45, 2.75) is 25.3 Å². The number of ether oxygens (including phenoxy) is 1. The van der Waals surface area contributed by atoms with E-state index in [9.17, 15) is 18.8 Å². The van der Waals surface area contributed by atoms with Crippen LogP contribution in [-0.4, -0.2) is 41.9 Å². The van der Waals surface area contributed by atoms with Gasteiger partial charge in [-0.25, -0.2) is 9.18 Å². The third-order valence-electron chi connectivity index (χ3n) is 3.71. The number of piperidine rings is 1. The van der Waals surface area contributed by atoms with Crippen molar-refractivity contribution in [2.24, 2.45) is 5.73 Å². The average Bonchev–Trinajstić information content (AvgIpc) is 2.55. The highest BCUT2D eigenvalue weighted by Gasteiger charge is 2.31. The van der Waals surface area contributed by atoms with Crippen molar-refractivity contribution in [3.8, 4) is 0 Å². The molecule has 0 unspecified atom stereocenters. The van der Waals surface area contributed by atoms with Crippen molar-refractivity contribution < 1.29 is 23.5 Å². The lowest BCUT2D eigenvalue weighted by atomic mass is 10.0. The van der Waals surface area contributed by atoms with E-state index in [-0.39, 0.29) is 15.6 Å². The first kappa shape index (κ1) is 18.5. The fourth-order valence-corrected chi connectivity index (χ4v) is 2.95. The predicted molar refractivity (Wildman–Crippen MR) is 85.2 cm³/mol. The number of carbonyl (C=O) groups is 3. The molecule has 1 aromatic rings. The molecule has 24 heavy (non-hydrogen) atoms. The molecule has 1 atom stereocenters. The van der Waals surface area contributed by atoms with Crippen LogP contribution in [0.15, 0.2) is 12.1 Å². The molecule has 0 aliphatic carbocycles. The first-order chi connectivity index (χ1) is 11.3. The summed E-state index contributed by atoms with van der Waals surface area (Å²) in [6.45, 7) is -0.233. The maximum atomic E-state index is 13.4. The number of carbonyl (C=O) groups excluding carboxylic acids is 3. The van der Waals surface area contributed by atoms with Crippen LogP contribution in [0.2, 0.25) is 10.0 Å². The first-order valence-corrected chi connectivity index (χ1v) is 7.97. The Morgan fingerprint density at radius 1 is 1.25 bits per heavy atom. The summed E-state index contributed by atoms with van der Waals surface area (Å²) in [5, 5.41) is -0.322. The number of nitrogens with zero attached hydrogens (tertiary/aromatic N) is 1. The summed E-state index contributed by atoms with van der Waals surface area (Å²) in [6.07, 6.45) is 2.00. The van der Waals surface area contributed by atoms with Crippen molar-refractivity contribution in [1.82, 2.24) is 4.90 Å². The molecule has 1 aliphatic heterocycles. The second-order valence-corrected chi connectivity index (χ2v) is 6.14. The molecule has 0 saturated carbocycles. The molecule has 0 radical (unpaired) electrons. The highest BCUT2D eigenvalue weighted by molar-refractivity contribution is 6.36. The molecule has 0 aromatic heterocycles. The molecule has 2 N–H and O–H groups in total. The number of rotatable bonds is 4. The van der Waals surface area contributed by atoms with Crippen LogP contribution in [-0.2, 0) is 14.3 Å². The first-order valence-electron chi connectivity index (χ1n) is 7.21. The summed E-state index contributed by atoms with van der Waals surface area (Å²) in [7, 11) is 0. The number of halogens is 3. The molecule has 2 rings (SSSR count). The Bertz CT molecular complexity index is 684. The van der Waals surface area contributed by atoms with Gasteiger partial charge in [-0.2, -0.15) is 0 Å². The van der Waals surface area contributed by atoms with Gasteiger partial charge in [0.25, 0.3) is 5.91 Å². The van der Waals surface area contributed by atoms with Crippen molar-refractivity contribution in [3.63, 3.8) is 0 Å². The molecule has 1 fully saturated rings. The Morgan fingerprint density at radius 2 is 1.96 bits per heavy atom. The largest absolute Gasteiger partial charge is 0.452 e. The number of esters is 1. The van der Waals surface area contributed by atoms with Gasteiger partial charge in [0.1, 0.15) is 11.9 Å². The van der Waals surface area contributed by atoms with Crippen LogP contribution in [0.5, 0.6) is 0 Å². The number of benzene rings is 1. The molecule has 1 aliphatic rings. The number of amides is 2. The summed E-state index contributed by atoms with van der Waals surface area (Å²) >= 11 is 11.4. The van der Waals surface area contributed by atoms with E-state index in [4.69, 9.17) is 33.7 Å². The van der Waals surface area contributed by atoms with Gasteiger partial charge >= 0.3 is 5.97 Å². The lowest BCUT2D eigenvalue weighted by Crippen LogP contribution is -2.51. The second kappa shape index (κ2) is 7.81. The van der Waals surface area contributed by atoms with Gasteiger partial charge in [-0.1, -0.05) is 23.2 Å². The van der Waals surface area contributed by atoms with E-state index in [1.54, 1.807) is 0 Å². The third-order valence-corrected chi connectivity index (χ3v) is 4.31. The van der Waals surface area contributed by atoms with Crippen molar-refractivity contribution in [3.05, 3.63) is 33.6 Å². The number of primary amides is 1. The molecule has 9 heteroatoms. The van der Waals surface area contributed by atoms with Gasteiger partial charge in [0, 0.05) is 6.54 Å². The standard InChI is InChI=1S/C15H15Cl2FN2O4/c16-9-6-10(17)11(18)5-8(9)15(23)24-7-13(21)20-4-2-1-3-12(20)14(19)22/h5-6,12H,1-4,7H2,(H2,19,22)/t12-/m0/s1. The lowest BCUT2D eigenvalue weighted by Gasteiger charge is -2.33. The van der Waals surface area contributed by atoms with Crippen molar-refractivity contribution in [1.29, 1.82) is 0 Å². The predicted octanol–water partition coefficient (Wildman–Crippen LogP) is 2.16. The van der Waals surface area contributed by atoms with Crippen molar-refractivity contribution >= 4 is 41.0 Å². The number of hydrogen-bond donors (Lipinski definition) is 1. The summed E-state index contributed by atoms with van der Waals surface area (Å²) in [5.74, 6) is -2.93. The molecule has 0 bridgehead atoms. The maximum Gasteiger partial charge on any atom is 0.340 e. The fraction of sp³-hybridized carbons (Fsp3) is 0.400. The molecule has 130 valence electrons. The van der Waals surface area contributed by atoms with Gasteiger partial charge in [0.05, 0.1) is 15.6 Å². The summed E-state index contributed by atoms with van der Waals surface area (Å²) in [4.78, 5) is 36.8. The summed E-state index contributed by atoms with van der Waals surface area (Å²) in [6, 6.07) is 1.20. The van der Waals surface area contributed by atoms with E-state index in [1.165, 1.54) is 4.90 Å². The minimum absolute atomic E-state index is 0.0909. The minimum atomic E-state index is -0.962. The number of likely N-dealkylation sites (tertiary alicyclic amines) is 1. The normalized spacial score (nSPS) is 17.5. The van der Waals surface area contributed by atoms with E-state index in [0.29, 0.717) is 13.0 Å². The number of nitrogens with two attached hydrogens (primary N) is 1. The number of hydrogen-bond acceptors (Lipinski definition) is 4. The lowest BCUT2D eigenvalue weighted by molar-refractivity contribution is -0.143. The quantitative estimate of drug-likeness (QED) is 0.643. The average molecular weight is 377 g/mol. The molecule has 2 amide bonds. The molecule has 1 aromatic carbocycles. The van der Waals surface area contributed by atoms with Crippen LogP contribution >= 0.6 is 23.2 Å². The van der Waals surface area contributed by atoms with Crippen LogP contribution in [0.25, 0.3) is 0 Å². The van der Waals surface area contributed by atoms with Gasteiger partial charge in [-0.3, -0.25) is 9.59 Å². The molecular formula is C15H15Cl2FN2O4. The Kier molecular flexibility index (Phi) is 6.01. The van der Waals surface area contributed by atoms with Crippen LogP contribution in [0.4, 0.5) is 4.39 Å². The zero-order chi connectivity index (χ0) is 17.9. The highest BCUT2D eigenvalue weighted by atomic mass is 35.5. The molecule has 1 saturated heterocycles. The second-order valence-electron chi connectivity index (χ2n) is 5.32. The Morgan fingerprint density at radius 3 is 2.62 bits per heavy atom. The zero-order valence-corrected chi connectivity index (χ0v) is 14.1. The zero-order valence-electron chi connectivity index (χ0n) is 12.6. The van der Waals surface area contributed by atoms with Crippen LogP contribution in [0, 0.1) is 5.82 Å². The van der Waals surface area contributed by atoms with Gasteiger partial charge in [0.15, 0.2) is 6.61 Å². The summed E-state index contributed by atoms with van der Waals surface area (Å²) < 4.78 is 18.3. The van der Waals surface area contributed by atoms with E-state index >= 15 is 0 Å².